The topological polar surface area (TPSA) is 60.9 Å². The van der Waals surface area contributed by atoms with Crippen LogP contribution in [0.5, 0.6) is 0 Å². The van der Waals surface area contributed by atoms with Crippen LogP contribution in [0.3, 0.4) is 0 Å². The van der Waals surface area contributed by atoms with Crippen molar-refractivity contribution in [2.24, 2.45) is 0 Å². The lowest BCUT2D eigenvalue weighted by Gasteiger charge is -2.02. The molecule has 126 valence electrons. The van der Waals surface area contributed by atoms with Crippen molar-refractivity contribution in [1.82, 2.24) is 29.4 Å². The number of nitrogens with zero attached hydrogens (tertiary/aromatic N) is 6. The Morgan fingerprint density at radius 3 is 2.50 bits per heavy atom. The van der Waals surface area contributed by atoms with Gasteiger partial charge in [0, 0.05) is 10.6 Å². The van der Waals surface area contributed by atoms with E-state index in [1.54, 1.807) is 21.7 Å². The Kier molecular flexibility index (Phi) is 3.41. The number of hydrogen-bond donors (Lipinski definition) is 0. The van der Waals surface area contributed by atoms with Gasteiger partial charge in [0.05, 0.1) is 22.3 Å². The minimum Gasteiger partial charge on any atom is -0.216 e. The minimum absolute atomic E-state index is 0.546. The van der Waals surface area contributed by atoms with Crippen LogP contribution in [-0.4, -0.2) is 29.4 Å². The summed E-state index contributed by atoms with van der Waals surface area (Å²) in [5.74, 6) is 0.546. The van der Waals surface area contributed by atoms with E-state index in [1.807, 2.05) is 48.5 Å². The zero-order valence-electron chi connectivity index (χ0n) is 13.2. The molecule has 0 amide bonds. The van der Waals surface area contributed by atoms with Crippen LogP contribution in [0.2, 0.25) is 10.0 Å². The van der Waals surface area contributed by atoms with E-state index in [9.17, 15) is 0 Å². The second-order valence-electron chi connectivity index (χ2n) is 5.70. The minimum atomic E-state index is 0.546. The van der Waals surface area contributed by atoms with Crippen molar-refractivity contribution in [2.45, 2.75) is 0 Å². The molecule has 0 aliphatic carbocycles. The highest BCUT2D eigenvalue weighted by Gasteiger charge is 2.15. The molecule has 5 rings (SSSR count). The molecule has 8 heteroatoms. The predicted octanol–water partition coefficient (Wildman–Crippen LogP) is 4.44. The maximum Gasteiger partial charge on any atom is 0.183 e. The molecule has 2 aromatic carbocycles. The van der Waals surface area contributed by atoms with Gasteiger partial charge in [-0.15, -0.1) is 5.10 Å². The molecule has 0 bridgehead atoms. The van der Waals surface area contributed by atoms with Gasteiger partial charge in [0.15, 0.2) is 17.1 Å². The van der Waals surface area contributed by atoms with Gasteiger partial charge in [0.2, 0.25) is 0 Å². The molecular formula is C18H10Cl2N6. The maximum atomic E-state index is 6.27. The molecule has 0 fully saturated rings. The highest BCUT2D eigenvalue weighted by molar-refractivity contribution is 6.33. The van der Waals surface area contributed by atoms with Gasteiger partial charge in [0.1, 0.15) is 6.33 Å². The van der Waals surface area contributed by atoms with Gasteiger partial charge < -0.3 is 0 Å². The zero-order valence-corrected chi connectivity index (χ0v) is 14.7. The number of fused-ring (bicyclic) bond motifs is 3. The fourth-order valence-corrected chi connectivity index (χ4v) is 3.19. The van der Waals surface area contributed by atoms with Crippen LogP contribution in [0.4, 0.5) is 0 Å². The predicted molar refractivity (Wildman–Crippen MR) is 101 cm³/mol. The van der Waals surface area contributed by atoms with E-state index < -0.39 is 0 Å². The van der Waals surface area contributed by atoms with Crippen molar-refractivity contribution in [1.29, 1.82) is 0 Å². The van der Waals surface area contributed by atoms with E-state index in [0.29, 0.717) is 27.2 Å². The molecule has 26 heavy (non-hydrogen) atoms. The second-order valence-corrected chi connectivity index (χ2v) is 6.54. The number of aromatic nitrogens is 6. The van der Waals surface area contributed by atoms with Crippen LogP contribution < -0.4 is 0 Å². The van der Waals surface area contributed by atoms with E-state index in [-0.39, 0.29) is 0 Å². The largest absolute Gasteiger partial charge is 0.216 e. The van der Waals surface area contributed by atoms with Crippen LogP contribution in [-0.2, 0) is 0 Å². The van der Waals surface area contributed by atoms with Crippen LogP contribution in [0.15, 0.2) is 61.1 Å². The molecule has 0 saturated carbocycles. The number of benzene rings is 2. The van der Waals surface area contributed by atoms with Crippen LogP contribution in [0.1, 0.15) is 0 Å². The smallest absolute Gasteiger partial charge is 0.183 e. The standard InChI is InChI=1S/C18H10Cl2N6/c19-11-5-7-12(8-6-11)26-17-14(9-22-26)18-23-16(24-25(18)10-21-17)13-3-1-2-4-15(13)20/h1-10H. The summed E-state index contributed by atoms with van der Waals surface area (Å²) in [7, 11) is 0. The van der Waals surface area contributed by atoms with Gasteiger partial charge in [-0.2, -0.15) is 5.10 Å². The Balaban J connectivity index is 1.71. The van der Waals surface area contributed by atoms with Gasteiger partial charge in [-0.1, -0.05) is 35.3 Å². The highest BCUT2D eigenvalue weighted by Crippen LogP contribution is 2.27. The first-order valence-electron chi connectivity index (χ1n) is 7.81. The average molecular weight is 381 g/mol. The van der Waals surface area contributed by atoms with E-state index in [2.05, 4.69) is 20.2 Å². The van der Waals surface area contributed by atoms with Crippen LogP contribution in [0, 0.1) is 0 Å². The Morgan fingerprint density at radius 1 is 0.885 bits per heavy atom. The third kappa shape index (κ3) is 2.34. The van der Waals surface area contributed by atoms with Crippen molar-refractivity contribution in [2.75, 3.05) is 0 Å². The van der Waals surface area contributed by atoms with Crippen molar-refractivity contribution in [3.8, 4) is 17.1 Å². The molecule has 3 heterocycles. The summed E-state index contributed by atoms with van der Waals surface area (Å²) < 4.78 is 3.38. The van der Waals surface area contributed by atoms with Gasteiger partial charge in [0.25, 0.3) is 0 Å². The Labute approximate surface area is 157 Å². The fourth-order valence-electron chi connectivity index (χ4n) is 2.85. The highest BCUT2D eigenvalue weighted by atomic mass is 35.5. The molecule has 0 aliphatic rings. The summed E-state index contributed by atoms with van der Waals surface area (Å²) in [6.07, 6.45) is 3.36. The molecule has 0 unspecified atom stereocenters. The second kappa shape index (κ2) is 5.79. The summed E-state index contributed by atoms with van der Waals surface area (Å²) in [6, 6.07) is 14.9. The summed E-state index contributed by atoms with van der Waals surface area (Å²) in [5, 5.41) is 11.0. The van der Waals surface area contributed by atoms with Gasteiger partial charge in [-0.3, -0.25) is 0 Å². The first-order valence-corrected chi connectivity index (χ1v) is 8.56. The molecule has 0 atom stereocenters. The Hall–Kier alpha value is -2.96. The Bertz CT molecular complexity index is 1260. The average Bonchev–Trinajstić information content (AvgIpc) is 3.26. The van der Waals surface area contributed by atoms with Gasteiger partial charge in [-0.25, -0.2) is 19.2 Å². The van der Waals surface area contributed by atoms with Crippen LogP contribution in [0.25, 0.3) is 33.8 Å². The molecule has 0 spiro atoms. The lowest BCUT2D eigenvalue weighted by Crippen LogP contribution is -1.98. The Morgan fingerprint density at radius 2 is 1.69 bits per heavy atom. The molecule has 0 saturated heterocycles. The quantitative estimate of drug-likeness (QED) is 0.454. The van der Waals surface area contributed by atoms with Crippen molar-refractivity contribution >= 4 is 39.9 Å². The van der Waals surface area contributed by atoms with E-state index in [1.165, 1.54) is 0 Å². The van der Waals surface area contributed by atoms with Gasteiger partial charge >= 0.3 is 0 Å². The molecule has 6 nitrogen and oxygen atoms in total. The lowest BCUT2D eigenvalue weighted by molar-refractivity contribution is 0.882. The van der Waals surface area contributed by atoms with Crippen molar-refractivity contribution in [3.63, 3.8) is 0 Å². The third-order valence-corrected chi connectivity index (χ3v) is 4.67. The molecule has 5 aromatic rings. The maximum absolute atomic E-state index is 6.27. The number of halogens is 2. The van der Waals surface area contributed by atoms with Crippen molar-refractivity contribution in [3.05, 3.63) is 71.1 Å². The van der Waals surface area contributed by atoms with E-state index in [4.69, 9.17) is 23.2 Å². The first kappa shape index (κ1) is 15.3. The summed E-state index contributed by atoms with van der Waals surface area (Å²) >= 11 is 12.2. The van der Waals surface area contributed by atoms with E-state index in [0.717, 1.165) is 16.6 Å². The molecule has 0 aliphatic heterocycles. The van der Waals surface area contributed by atoms with E-state index >= 15 is 0 Å². The monoisotopic (exact) mass is 380 g/mol. The lowest BCUT2D eigenvalue weighted by atomic mass is 10.2. The fraction of sp³-hybridized carbons (Fsp3) is 0. The molecule has 3 aromatic heterocycles. The zero-order chi connectivity index (χ0) is 17.7. The molecule has 0 radical (unpaired) electrons. The SMILES string of the molecule is Clc1ccc(-n2ncc3c2ncn2nc(-c4ccccc4Cl)nc32)cc1. The third-order valence-electron chi connectivity index (χ3n) is 4.09. The summed E-state index contributed by atoms with van der Waals surface area (Å²) in [4.78, 5) is 9.14. The van der Waals surface area contributed by atoms with Crippen LogP contribution >= 0.6 is 23.2 Å². The molecular weight excluding hydrogens is 371 g/mol. The number of rotatable bonds is 2. The van der Waals surface area contributed by atoms with Gasteiger partial charge in [-0.05, 0) is 36.4 Å². The molecule has 0 N–H and O–H groups in total. The first-order chi connectivity index (χ1) is 12.7. The van der Waals surface area contributed by atoms with Crippen molar-refractivity contribution < 1.29 is 0 Å². The normalized spacial score (nSPS) is 11.5. The summed E-state index contributed by atoms with van der Waals surface area (Å²) in [5.41, 5.74) is 3.01. The number of hydrogen-bond acceptors (Lipinski definition) is 4. The summed E-state index contributed by atoms with van der Waals surface area (Å²) in [6.45, 7) is 0.